The molecule has 6 heteroatoms. The van der Waals surface area contributed by atoms with Crippen LogP contribution in [0, 0.1) is 19.7 Å². The highest BCUT2D eigenvalue weighted by Gasteiger charge is 2.30. The van der Waals surface area contributed by atoms with Crippen molar-refractivity contribution in [2.24, 2.45) is 0 Å². The quantitative estimate of drug-likeness (QED) is 0.565. The van der Waals surface area contributed by atoms with Crippen LogP contribution in [0.3, 0.4) is 0 Å². The highest BCUT2D eigenvalue weighted by molar-refractivity contribution is 7.93. The second-order valence-electron chi connectivity index (χ2n) is 6.52. The molecular formula is C23H20FNO3S. The fraction of sp³-hybridized carbons (Fsp3) is 0.0870. The van der Waals surface area contributed by atoms with E-state index in [4.69, 9.17) is 0 Å². The van der Waals surface area contributed by atoms with E-state index in [0.29, 0.717) is 16.8 Å². The molecule has 0 bridgehead atoms. The third kappa shape index (κ3) is 4.43. The summed E-state index contributed by atoms with van der Waals surface area (Å²) in [5, 5.41) is 0. The molecular weight excluding hydrogens is 389 g/mol. The highest BCUT2D eigenvalue weighted by Crippen LogP contribution is 2.29. The minimum atomic E-state index is -4.13. The number of aryl methyl sites for hydroxylation is 1. The zero-order valence-electron chi connectivity index (χ0n) is 16.0. The van der Waals surface area contributed by atoms with Gasteiger partial charge in [0.1, 0.15) is 5.82 Å². The summed E-state index contributed by atoms with van der Waals surface area (Å²) in [5.74, 6) is -1.11. The molecule has 3 aromatic rings. The van der Waals surface area contributed by atoms with Gasteiger partial charge in [-0.2, -0.15) is 4.31 Å². The van der Waals surface area contributed by atoms with Gasteiger partial charge < -0.3 is 0 Å². The molecule has 0 heterocycles. The van der Waals surface area contributed by atoms with Gasteiger partial charge in [-0.1, -0.05) is 42.5 Å². The molecule has 0 unspecified atom stereocenters. The predicted octanol–water partition coefficient (Wildman–Crippen LogP) is 4.88. The van der Waals surface area contributed by atoms with Crippen molar-refractivity contribution in [2.45, 2.75) is 18.7 Å². The Morgan fingerprint density at radius 3 is 2.21 bits per heavy atom. The van der Waals surface area contributed by atoms with E-state index in [1.807, 2.05) is 13.0 Å². The maximum Gasteiger partial charge on any atom is 0.271 e. The summed E-state index contributed by atoms with van der Waals surface area (Å²) in [6.07, 6.45) is 2.63. The summed E-state index contributed by atoms with van der Waals surface area (Å²) in [6.45, 7) is 3.63. The van der Waals surface area contributed by atoms with E-state index in [1.54, 1.807) is 37.3 Å². The number of carbonyl (C=O) groups is 1. The van der Waals surface area contributed by atoms with Gasteiger partial charge >= 0.3 is 0 Å². The highest BCUT2D eigenvalue weighted by atomic mass is 32.2. The fourth-order valence-electron chi connectivity index (χ4n) is 2.83. The molecule has 148 valence electrons. The van der Waals surface area contributed by atoms with Gasteiger partial charge in [-0.25, -0.2) is 12.8 Å². The van der Waals surface area contributed by atoms with Crippen LogP contribution in [0.25, 0.3) is 6.08 Å². The first-order valence-corrected chi connectivity index (χ1v) is 10.4. The third-order valence-corrected chi connectivity index (χ3v) is 6.29. The summed E-state index contributed by atoms with van der Waals surface area (Å²) in [4.78, 5) is 13.1. The molecule has 0 aliphatic rings. The van der Waals surface area contributed by atoms with Crippen LogP contribution in [0.5, 0.6) is 0 Å². The Kier molecular flexibility index (Phi) is 5.94. The Bertz CT molecular complexity index is 1150. The summed E-state index contributed by atoms with van der Waals surface area (Å²) < 4.78 is 40.5. The van der Waals surface area contributed by atoms with Crippen LogP contribution in [0.1, 0.15) is 16.7 Å². The summed E-state index contributed by atoms with van der Waals surface area (Å²) >= 11 is 0. The molecule has 0 aliphatic heterocycles. The first kappa shape index (κ1) is 20.5. The van der Waals surface area contributed by atoms with Crippen molar-refractivity contribution in [1.29, 1.82) is 0 Å². The van der Waals surface area contributed by atoms with Crippen LogP contribution < -0.4 is 4.31 Å². The Balaban J connectivity index is 2.09. The zero-order valence-corrected chi connectivity index (χ0v) is 16.9. The number of halogens is 1. The van der Waals surface area contributed by atoms with Crippen LogP contribution in [0.15, 0.2) is 83.8 Å². The normalized spacial score (nSPS) is 11.6. The molecule has 0 saturated heterocycles. The van der Waals surface area contributed by atoms with Gasteiger partial charge in [0, 0.05) is 6.08 Å². The largest absolute Gasteiger partial charge is 0.271 e. The van der Waals surface area contributed by atoms with E-state index in [0.717, 1.165) is 9.87 Å². The number of hydrogen-bond donors (Lipinski definition) is 0. The molecule has 0 atom stereocenters. The topological polar surface area (TPSA) is 54.5 Å². The molecule has 3 aromatic carbocycles. The van der Waals surface area contributed by atoms with Gasteiger partial charge in [0.2, 0.25) is 0 Å². The van der Waals surface area contributed by atoms with Gasteiger partial charge in [0.25, 0.3) is 15.9 Å². The van der Waals surface area contributed by atoms with E-state index in [1.165, 1.54) is 48.6 Å². The van der Waals surface area contributed by atoms with Gasteiger partial charge in [-0.05, 0) is 66.9 Å². The lowest BCUT2D eigenvalue weighted by Gasteiger charge is -2.24. The van der Waals surface area contributed by atoms with E-state index >= 15 is 0 Å². The molecule has 0 N–H and O–H groups in total. The van der Waals surface area contributed by atoms with Crippen molar-refractivity contribution in [3.63, 3.8) is 0 Å². The van der Waals surface area contributed by atoms with Gasteiger partial charge in [-0.15, -0.1) is 0 Å². The Morgan fingerprint density at radius 1 is 0.897 bits per heavy atom. The first-order chi connectivity index (χ1) is 13.8. The van der Waals surface area contributed by atoms with E-state index in [9.17, 15) is 17.6 Å². The number of anilines is 1. The maximum absolute atomic E-state index is 13.3. The smallest absolute Gasteiger partial charge is 0.268 e. The Hall–Kier alpha value is -3.25. The lowest BCUT2D eigenvalue weighted by molar-refractivity contribution is -0.113. The average Bonchev–Trinajstić information content (AvgIpc) is 2.71. The van der Waals surface area contributed by atoms with Crippen molar-refractivity contribution in [1.82, 2.24) is 0 Å². The zero-order chi connectivity index (χ0) is 21.0. The van der Waals surface area contributed by atoms with Gasteiger partial charge in [-0.3, -0.25) is 4.79 Å². The number of sulfonamides is 1. The van der Waals surface area contributed by atoms with Gasteiger partial charge in [0.05, 0.1) is 10.6 Å². The van der Waals surface area contributed by atoms with Crippen LogP contribution in [-0.2, 0) is 14.8 Å². The molecule has 0 aliphatic carbocycles. The van der Waals surface area contributed by atoms with E-state index < -0.39 is 21.7 Å². The van der Waals surface area contributed by atoms with Crippen LogP contribution >= 0.6 is 0 Å². The Morgan fingerprint density at radius 2 is 1.55 bits per heavy atom. The molecule has 0 saturated carbocycles. The van der Waals surface area contributed by atoms with E-state index in [2.05, 4.69) is 0 Å². The lowest BCUT2D eigenvalue weighted by atomic mass is 10.1. The number of amides is 1. The number of benzene rings is 3. The maximum atomic E-state index is 13.3. The van der Waals surface area contributed by atoms with E-state index in [-0.39, 0.29) is 4.90 Å². The van der Waals surface area contributed by atoms with Crippen molar-refractivity contribution in [2.75, 3.05) is 4.31 Å². The second-order valence-corrected chi connectivity index (χ2v) is 8.31. The Labute approximate surface area is 170 Å². The lowest BCUT2D eigenvalue weighted by Crippen LogP contribution is -2.36. The SMILES string of the molecule is Cc1cccc(N(C(=O)/C=C/c2ccc(F)cc2)S(=O)(=O)c2ccccc2)c1C. The minimum absolute atomic E-state index is 0.0180. The predicted molar refractivity (Wildman–Crippen MR) is 112 cm³/mol. The number of hydrogen-bond acceptors (Lipinski definition) is 3. The number of carbonyl (C=O) groups excluding carboxylic acids is 1. The molecule has 0 fully saturated rings. The van der Waals surface area contributed by atoms with Crippen LogP contribution in [0.2, 0.25) is 0 Å². The molecule has 0 radical (unpaired) electrons. The number of nitrogens with zero attached hydrogens (tertiary/aromatic N) is 1. The number of rotatable bonds is 5. The molecule has 3 rings (SSSR count). The summed E-state index contributed by atoms with van der Waals surface area (Å²) in [7, 11) is -4.13. The summed E-state index contributed by atoms with van der Waals surface area (Å²) in [6, 6.07) is 18.5. The van der Waals surface area contributed by atoms with Crippen LogP contribution in [0.4, 0.5) is 10.1 Å². The van der Waals surface area contributed by atoms with Gasteiger partial charge in [0.15, 0.2) is 0 Å². The third-order valence-electron chi connectivity index (χ3n) is 4.56. The van der Waals surface area contributed by atoms with Crippen molar-refractivity contribution >= 4 is 27.7 Å². The standard InChI is InChI=1S/C23H20FNO3S/c1-17-7-6-10-22(18(17)2)25(29(27,28)21-8-4-3-5-9-21)23(26)16-13-19-11-14-20(24)15-12-19/h3-16H,1-2H3/b16-13+. The second kappa shape index (κ2) is 8.41. The summed E-state index contributed by atoms with van der Waals surface area (Å²) in [5.41, 5.74) is 2.43. The van der Waals surface area contributed by atoms with Crippen LogP contribution in [-0.4, -0.2) is 14.3 Å². The monoisotopic (exact) mass is 409 g/mol. The molecule has 0 spiro atoms. The molecule has 0 aromatic heterocycles. The van der Waals surface area contributed by atoms with Crippen molar-refractivity contribution in [3.8, 4) is 0 Å². The molecule has 1 amide bonds. The molecule has 29 heavy (non-hydrogen) atoms. The average molecular weight is 409 g/mol. The fourth-order valence-corrected chi connectivity index (χ4v) is 4.30. The van der Waals surface area contributed by atoms with Crippen molar-refractivity contribution < 1.29 is 17.6 Å². The van der Waals surface area contributed by atoms with Crippen molar-refractivity contribution in [3.05, 3.63) is 101 Å². The minimum Gasteiger partial charge on any atom is -0.268 e. The first-order valence-electron chi connectivity index (χ1n) is 8.95. The molecule has 4 nitrogen and oxygen atoms in total.